The van der Waals surface area contributed by atoms with E-state index in [1.165, 1.54) is 4.90 Å². The Labute approximate surface area is 116 Å². The molecule has 1 aliphatic rings. The Morgan fingerprint density at radius 1 is 0.950 bits per heavy atom. The van der Waals surface area contributed by atoms with Crippen molar-refractivity contribution in [2.24, 2.45) is 0 Å². The molecule has 0 radical (unpaired) electrons. The Morgan fingerprint density at radius 3 is 2.20 bits per heavy atom. The fourth-order valence-electron chi connectivity index (χ4n) is 2.30. The number of carbonyl (C=O) groups is 2. The minimum atomic E-state index is -0.292. The highest BCUT2D eigenvalue weighted by Gasteiger charge is 2.36. The molecule has 2 amide bonds. The minimum absolute atomic E-state index is 0.292. The van der Waals surface area contributed by atoms with Gasteiger partial charge in [0.05, 0.1) is 23.4 Å². The second-order valence-electron chi connectivity index (χ2n) is 4.42. The molecule has 0 unspecified atom stereocenters. The molecular formula is C16H13NO3. The molecule has 0 spiro atoms. The van der Waals surface area contributed by atoms with Gasteiger partial charge in [0.25, 0.3) is 11.8 Å². The SMILES string of the molecule is CCOc1cccc(N2C(=O)c3ccccc3C2=O)c1. The van der Waals surface area contributed by atoms with Gasteiger partial charge in [0.2, 0.25) is 0 Å². The zero-order valence-electron chi connectivity index (χ0n) is 11.0. The molecule has 0 saturated heterocycles. The molecule has 1 heterocycles. The Balaban J connectivity index is 2.02. The smallest absolute Gasteiger partial charge is 0.266 e. The summed E-state index contributed by atoms with van der Waals surface area (Å²) in [4.78, 5) is 25.9. The van der Waals surface area contributed by atoms with Gasteiger partial charge in [-0.25, -0.2) is 4.90 Å². The number of rotatable bonds is 3. The van der Waals surface area contributed by atoms with E-state index in [-0.39, 0.29) is 11.8 Å². The Morgan fingerprint density at radius 2 is 1.60 bits per heavy atom. The monoisotopic (exact) mass is 267 g/mol. The molecule has 0 fully saturated rings. The molecule has 2 aromatic carbocycles. The van der Waals surface area contributed by atoms with Crippen LogP contribution in [0.3, 0.4) is 0 Å². The van der Waals surface area contributed by atoms with Crippen molar-refractivity contribution >= 4 is 17.5 Å². The lowest BCUT2D eigenvalue weighted by Gasteiger charge is -2.15. The van der Waals surface area contributed by atoms with Crippen LogP contribution in [0.1, 0.15) is 27.6 Å². The molecule has 0 N–H and O–H groups in total. The molecule has 2 aromatic rings. The summed E-state index contributed by atoms with van der Waals surface area (Å²) >= 11 is 0. The van der Waals surface area contributed by atoms with Crippen molar-refractivity contribution in [3.05, 3.63) is 59.7 Å². The third-order valence-electron chi connectivity index (χ3n) is 3.18. The lowest BCUT2D eigenvalue weighted by Crippen LogP contribution is -2.29. The molecule has 100 valence electrons. The van der Waals surface area contributed by atoms with Crippen LogP contribution in [0.2, 0.25) is 0 Å². The maximum atomic E-state index is 12.3. The van der Waals surface area contributed by atoms with Crippen LogP contribution in [-0.4, -0.2) is 18.4 Å². The van der Waals surface area contributed by atoms with Gasteiger partial charge in [0, 0.05) is 6.07 Å². The van der Waals surface area contributed by atoms with Gasteiger partial charge in [0.15, 0.2) is 0 Å². The first-order valence-corrected chi connectivity index (χ1v) is 6.43. The van der Waals surface area contributed by atoms with Crippen molar-refractivity contribution in [2.45, 2.75) is 6.92 Å². The molecule has 1 aliphatic heterocycles. The summed E-state index contributed by atoms with van der Waals surface area (Å²) in [5, 5.41) is 0. The largest absolute Gasteiger partial charge is 0.494 e. The molecule has 0 atom stereocenters. The molecular weight excluding hydrogens is 254 g/mol. The number of fused-ring (bicyclic) bond motifs is 1. The van der Waals surface area contributed by atoms with E-state index in [4.69, 9.17) is 4.74 Å². The number of hydrogen-bond donors (Lipinski definition) is 0. The lowest BCUT2D eigenvalue weighted by atomic mass is 10.1. The van der Waals surface area contributed by atoms with Crippen LogP contribution < -0.4 is 9.64 Å². The highest BCUT2D eigenvalue weighted by atomic mass is 16.5. The first-order valence-electron chi connectivity index (χ1n) is 6.43. The highest BCUT2D eigenvalue weighted by molar-refractivity contribution is 6.34. The van der Waals surface area contributed by atoms with Gasteiger partial charge in [-0.1, -0.05) is 18.2 Å². The average Bonchev–Trinajstić information content (AvgIpc) is 2.72. The lowest BCUT2D eigenvalue weighted by molar-refractivity contribution is 0.0926. The number of amides is 2. The van der Waals surface area contributed by atoms with Gasteiger partial charge in [-0.05, 0) is 31.2 Å². The van der Waals surface area contributed by atoms with E-state index < -0.39 is 0 Å². The van der Waals surface area contributed by atoms with Gasteiger partial charge in [0.1, 0.15) is 5.75 Å². The normalized spacial score (nSPS) is 13.6. The maximum absolute atomic E-state index is 12.3. The zero-order chi connectivity index (χ0) is 14.1. The quantitative estimate of drug-likeness (QED) is 0.803. The Bertz CT molecular complexity index is 659. The highest BCUT2D eigenvalue weighted by Crippen LogP contribution is 2.30. The molecule has 4 nitrogen and oxygen atoms in total. The van der Waals surface area contributed by atoms with Crippen molar-refractivity contribution in [3.8, 4) is 5.75 Å². The van der Waals surface area contributed by atoms with Crippen molar-refractivity contribution in [1.29, 1.82) is 0 Å². The Hall–Kier alpha value is -2.62. The second-order valence-corrected chi connectivity index (χ2v) is 4.42. The Kier molecular flexibility index (Phi) is 2.99. The third kappa shape index (κ3) is 1.86. The first-order chi connectivity index (χ1) is 9.72. The van der Waals surface area contributed by atoms with Gasteiger partial charge in [-0.15, -0.1) is 0 Å². The van der Waals surface area contributed by atoms with Crippen LogP contribution in [0.4, 0.5) is 5.69 Å². The van der Waals surface area contributed by atoms with E-state index in [1.807, 2.05) is 6.92 Å². The summed E-state index contributed by atoms with van der Waals surface area (Å²) in [6.45, 7) is 2.42. The van der Waals surface area contributed by atoms with Crippen LogP contribution >= 0.6 is 0 Å². The van der Waals surface area contributed by atoms with Gasteiger partial charge < -0.3 is 4.74 Å². The summed E-state index contributed by atoms with van der Waals surface area (Å²) in [6.07, 6.45) is 0. The summed E-state index contributed by atoms with van der Waals surface area (Å²) < 4.78 is 5.40. The molecule has 0 aliphatic carbocycles. The predicted octanol–water partition coefficient (Wildman–Crippen LogP) is 2.89. The van der Waals surface area contributed by atoms with Gasteiger partial charge in [-0.3, -0.25) is 9.59 Å². The number of anilines is 1. The fourth-order valence-corrected chi connectivity index (χ4v) is 2.30. The summed E-state index contributed by atoms with van der Waals surface area (Å²) in [7, 11) is 0. The van der Waals surface area contributed by atoms with E-state index in [0.29, 0.717) is 29.2 Å². The van der Waals surface area contributed by atoms with Gasteiger partial charge >= 0.3 is 0 Å². The molecule has 20 heavy (non-hydrogen) atoms. The summed E-state index contributed by atoms with van der Waals surface area (Å²) in [6, 6.07) is 13.8. The average molecular weight is 267 g/mol. The molecule has 0 aromatic heterocycles. The maximum Gasteiger partial charge on any atom is 0.266 e. The molecule has 4 heteroatoms. The molecule has 0 saturated carbocycles. The van der Waals surface area contributed by atoms with Crippen LogP contribution in [0.5, 0.6) is 5.75 Å². The second kappa shape index (κ2) is 4.81. The number of imide groups is 1. The molecule has 0 bridgehead atoms. The van der Waals surface area contributed by atoms with Crippen molar-refractivity contribution in [1.82, 2.24) is 0 Å². The van der Waals surface area contributed by atoms with E-state index in [0.717, 1.165) is 0 Å². The molecule has 3 rings (SSSR count). The van der Waals surface area contributed by atoms with E-state index in [9.17, 15) is 9.59 Å². The zero-order valence-corrected chi connectivity index (χ0v) is 11.0. The third-order valence-corrected chi connectivity index (χ3v) is 3.18. The van der Waals surface area contributed by atoms with E-state index in [2.05, 4.69) is 0 Å². The van der Waals surface area contributed by atoms with Crippen molar-refractivity contribution < 1.29 is 14.3 Å². The number of hydrogen-bond acceptors (Lipinski definition) is 3. The van der Waals surface area contributed by atoms with Crippen LogP contribution in [0.15, 0.2) is 48.5 Å². The summed E-state index contributed by atoms with van der Waals surface area (Å²) in [5.41, 5.74) is 1.42. The van der Waals surface area contributed by atoms with E-state index in [1.54, 1.807) is 48.5 Å². The topological polar surface area (TPSA) is 46.6 Å². The van der Waals surface area contributed by atoms with E-state index >= 15 is 0 Å². The number of nitrogens with zero attached hydrogens (tertiary/aromatic N) is 1. The van der Waals surface area contributed by atoms with Crippen LogP contribution in [-0.2, 0) is 0 Å². The number of benzene rings is 2. The number of ether oxygens (including phenoxy) is 1. The first kappa shape index (κ1) is 12.4. The predicted molar refractivity (Wildman–Crippen MR) is 75.2 cm³/mol. The van der Waals surface area contributed by atoms with Crippen LogP contribution in [0, 0.1) is 0 Å². The standard InChI is InChI=1S/C16H13NO3/c1-2-20-12-7-5-6-11(10-12)17-15(18)13-8-3-4-9-14(13)16(17)19/h3-10H,2H2,1H3. The van der Waals surface area contributed by atoms with Gasteiger partial charge in [-0.2, -0.15) is 0 Å². The summed E-state index contributed by atoms with van der Waals surface area (Å²) in [5.74, 6) is 0.0556. The fraction of sp³-hybridized carbons (Fsp3) is 0.125. The van der Waals surface area contributed by atoms with Crippen LogP contribution in [0.25, 0.3) is 0 Å². The number of carbonyl (C=O) groups excluding carboxylic acids is 2. The van der Waals surface area contributed by atoms with Crippen molar-refractivity contribution in [2.75, 3.05) is 11.5 Å². The minimum Gasteiger partial charge on any atom is -0.494 e. The van der Waals surface area contributed by atoms with Crippen molar-refractivity contribution in [3.63, 3.8) is 0 Å².